The van der Waals surface area contributed by atoms with Crippen LogP contribution >= 0.6 is 0 Å². The van der Waals surface area contributed by atoms with Crippen LogP contribution < -0.4 is 9.88 Å². The van der Waals surface area contributed by atoms with Gasteiger partial charge in [-0.1, -0.05) is 0 Å². The number of alkyl halides is 2. The van der Waals surface area contributed by atoms with Crippen LogP contribution in [-0.2, 0) is 10.0 Å². The van der Waals surface area contributed by atoms with Gasteiger partial charge in [0.25, 0.3) is 0 Å². The topological polar surface area (TPSA) is 98.1 Å². The number of fused-ring (bicyclic) bond motifs is 1. The summed E-state index contributed by atoms with van der Waals surface area (Å²) in [5.74, 6) is -3.17. The van der Waals surface area contributed by atoms with E-state index in [9.17, 15) is 26.0 Å². The molecule has 3 N–H and O–H groups in total. The first kappa shape index (κ1) is 17.2. The molecule has 2 aromatic heterocycles. The highest BCUT2D eigenvalue weighted by Gasteiger charge is 2.19. The zero-order valence-corrected chi connectivity index (χ0v) is 13.0. The summed E-state index contributed by atoms with van der Waals surface area (Å²) < 4.78 is 78.9. The third-order valence-electron chi connectivity index (χ3n) is 3.32. The van der Waals surface area contributed by atoms with Crippen LogP contribution in [-0.4, -0.2) is 25.0 Å². The van der Waals surface area contributed by atoms with Crippen molar-refractivity contribution in [2.45, 2.75) is 11.5 Å². The third-order valence-corrected chi connectivity index (χ3v) is 4.27. The van der Waals surface area contributed by atoms with Gasteiger partial charge in [-0.25, -0.2) is 27.3 Å². The van der Waals surface area contributed by atoms with Gasteiger partial charge in [-0.2, -0.15) is 8.78 Å². The average Bonchev–Trinajstić information content (AvgIpc) is 2.93. The van der Waals surface area contributed by atoms with Gasteiger partial charge in [0.1, 0.15) is 16.4 Å². The van der Waals surface area contributed by atoms with Crippen LogP contribution in [0.25, 0.3) is 22.3 Å². The van der Waals surface area contributed by atoms with Crippen LogP contribution in [0.2, 0.25) is 0 Å². The maximum absolute atomic E-state index is 14.1. The summed E-state index contributed by atoms with van der Waals surface area (Å²) in [4.78, 5) is 6.37. The van der Waals surface area contributed by atoms with Gasteiger partial charge in [-0.05, 0) is 18.2 Å². The molecular weight excluding hydrogens is 366 g/mol. The fourth-order valence-corrected chi connectivity index (χ4v) is 2.97. The Bertz CT molecular complexity index is 1070. The molecule has 0 aliphatic rings. The normalized spacial score (nSPS) is 12.1. The smallest absolute Gasteiger partial charge is 0.387 e. The monoisotopic (exact) mass is 375 g/mol. The summed E-state index contributed by atoms with van der Waals surface area (Å²) in [5, 5.41) is 5.23. The predicted molar refractivity (Wildman–Crippen MR) is 79.5 cm³/mol. The number of aromatic amines is 1. The van der Waals surface area contributed by atoms with Crippen LogP contribution in [0.1, 0.15) is 0 Å². The molecule has 0 amide bonds. The largest absolute Gasteiger partial charge is 0.432 e. The molecule has 132 valence electrons. The Hall–Kier alpha value is -2.66. The van der Waals surface area contributed by atoms with E-state index in [4.69, 9.17) is 5.14 Å². The molecule has 3 aromatic rings. The number of nitrogens with one attached hydrogen (secondary N) is 1. The lowest BCUT2D eigenvalue weighted by atomic mass is 10.1. The lowest BCUT2D eigenvalue weighted by molar-refractivity contribution is -0.0523. The number of halogens is 4. The van der Waals surface area contributed by atoms with Gasteiger partial charge in [0.15, 0.2) is 11.6 Å². The molecule has 0 saturated carbocycles. The molecule has 0 bridgehead atoms. The number of pyridine rings is 1. The Morgan fingerprint density at radius 3 is 2.52 bits per heavy atom. The van der Waals surface area contributed by atoms with Crippen molar-refractivity contribution in [1.29, 1.82) is 0 Å². The van der Waals surface area contributed by atoms with E-state index in [0.29, 0.717) is 12.1 Å². The standard InChI is InChI=1S/C14H9F4N3O3S/c15-8-4-11(24-14(17)18)9(16)3-7(8)10-2-1-6-12(25(19,22)23)5-20-13(6)21-10/h1-5,14H,(H,20,21)(H2,19,22,23). The van der Waals surface area contributed by atoms with Crippen molar-refractivity contribution in [2.24, 2.45) is 5.14 Å². The van der Waals surface area contributed by atoms with Crippen LogP contribution in [0.5, 0.6) is 5.75 Å². The van der Waals surface area contributed by atoms with E-state index in [1.165, 1.54) is 12.1 Å². The molecule has 0 aliphatic heterocycles. The third kappa shape index (κ3) is 3.28. The van der Waals surface area contributed by atoms with Gasteiger partial charge < -0.3 is 9.72 Å². The number of aromatic nitrogens is 2. The molecule has 0 aliphatic carbocycles. The van der Waals surface area contributed by atoms with Crippen molar-refractivity contribution < 1.29 is 30.7 Å². The highest BCUT2D eigenvalue weighted by Crippen LogP contribution is 2.30. The number of sulfonamides is 1. The lowest BCUT2D eigenvalue weighted by Crippen LogP contribution is -2.11. The number of nitrogens with two attached hydrogens (primary N) is 1. The van der Waals surface area contributed by atoms with Crippen molar-refractivity contribution in [3.8, 4) is 17.0 Å². The second kappa shape index (κ2) is 6.01. The summed E-state index contributed by atoms with van der Waals surface area (Å²) in [7, 11) is -3.99. The van der Waals surface area contributed by atoms with Crippen molar-refractivity contribution in [3.63, 3.8) is 0 Å². The molecule has 0 spiro atoms. The lowest BCUT2D eigenvalue weighted by Gasteiger charge is -2.09. The second-order valence-electron chi connectivity index (χ2n) is 4.93. The fourth-order valence-electron chi connectivity index (χ4n) is 2.28. The van der Waals surface area contributed by atoms with Crippen molar-refractivity contribution in [2.75, 3.05) is 0 Å². The summed E-state index contributed by atoms with van der Waals surface area (Å²) in [6, 6.07) is 3.70. The predicted octanol–water partition coefficient (Wildman–Crippen LogP) is 2.76. The first-order valence-electron chi connectivity index (χ1n) is 6.62. The minimum atomic E-state index is -3.99. The van der Waals surface area contributed by atoms with E-state index < -0.39 is 34.0 Å². The van der Waals surface area contributed by atoms with Crippen LogP contribution in [0.3, 0.4) is 0 Å². The number of ether oxygens (including phenoxy) is 1. The number of primary sulfonamides is 1. The van der Waals surface area contributed by atoms with Gasteiger partial charge in [-0.15, -0.1) is 0 Å². The van der Waals surface area contributed by atoms with Crippen LogP contribution in [0.4, 0.5) is 17.6 Å². The molecular formula is C14H9F4N3O3S. The average molecular weight is 375 g/mol. The summed E-state index contributed by atoms with van der Waals surface area (Å²) in [5.41, 5.74) is -0.280. The Kier molecular flexibility index (Phi) is 4.13. The van der Waals surface area contributed by atoms with E-state index in [0.717, 1.165) is 6.20 Å². The summed E-state index contributed by atoms with van der Waals surface area (Å²) in [6.45, 7) is -3.30. The molecule has 11 heteroatoms. The first-order chi connectivity index (χ1) is 11.7. The molecule has 3 rings (SSSR count). The Labute approximate surface area is 138 Å². The number of nitrogens with zero attached hydrogens (tertiary/aromatic N) is 1. The van der Waals surface area contributed by atoms with E-state index in [-0.39, 0.29) is 27.2 Å². The Morgan fingerprint density at radius 2 is 1.88 bits per heavy atom. The number of hydrogen-bond acceptors (Lipinski definition) is 4. The van der Waals surface area contributed by atoms with Gasteiger partial charge in [-0.3, -0.25) is 0 Å². The molecule has 25 heavy (non-hydrogen) atoms. The molecule has 0 fully saturated rings. The van der Waals surface area contributed by atoms with Crippen molar-refractivity contribution in [1.82, 2.24) is 9.97 Å². The van der Waals surface area contributed by atoms with Gasteiger partial charge >= 0.3 is 6.61 Å². The van der Waals surface area contributed by atoms with E-state index in [2.05, 4.69) is 14.7 Å². The first-order valence-corrected chi connectivity index (χ1v) is 8.16. The Morgan fingerprint density at radius 1 is 1.16 bits per heavy atom. The number of benzene rings is 1. The van der Waals surface area contributed by atoms with E-state index in [1.54, 1.807) is 0 Å². The highest BCUT2D eigenvalue weighted by atomic mass is 32.2. The fraction of sp³-hybridized carbons (Fsp3) is 0.0714. The van der Waals surface area contributed by atoms with E-state index >= 15 is 0 Å². The van der Waals surface area contributed by atoms with Gasteiger partial charge in [0.2, 0.25) is 10.0 Å². The summed E-state index contributed by atoms with van der Waals surface area (Å²) in [6.07, 6.45) is 1.12. The number of hydrogen-bond donors (Lipinski definition) is 2. The van der Waals surface area contributed by atoms with Gasteiger partial charge in [0.05, 0.1) is 5.69 Å². The molecule has 0 unspecified atom stereocenters. The van der Waals surface area contributed by atoms with E-state index in [1.807, 2.05) is 0 Å². The number of H-pyrrole nitrogens is 1. The maximum Gasteiger partial charge on any atom is 0.387 e. The zero-order chi connectivity index (χ0) is 18.4. The molecule has 1 aromatic carbocycles. The van der Waals surface area contributed by atoms with Crippen LogP contribution in [0, 0.1) is 11.6 Å². The maximum atomic E-state index is 14.1. The van der Waals surface area contributed by atoms with Gasteiger partial charge in [0, 0.05) is 23.2 Å². The molecule has 0 atom stereocenters. The molecule has 2 heterocycles. The molecule has 6 nitrogen and oxygen atoms in total. The molecule has 0 saturated heterocycles. The van der Waals surface area contributed by atoms with Crippen molar-refractivity contribution >= 4 is 21.1 Å². The SMILES string of the molecule is NS(=O)(=O)c1c[nH]c2nc(-c3cc(F)c(OC(F)F)cc3F)ccc12. The zero-order valence-electron chi connectivity index (χ0n) is 12.1. The minimum Gasteiger partial charge on any atom is -0.432 e. The Balaban J connectivity index is 2.09. The van der Waals surface area contributed by atoms with Crippen LogP contribution in [0.15, 0.2) is 35.4 Å². The highest BCUT2D eigenvalue weighted by molar-refractivity contribution is 7.89. The quantitative estimate of drug-likeness (QED) is 0.685. The van der Waals surface area contributed by atoms with Crippen molar-refractivity contribution in [3.05, 3.63) is 42.1 Å². The minimum absolute atomic E-state index is 0.0460. The number of rotatable bonds is 4. The second-order valence-corrected chi connectivity index (χ2v) is 6.46. The summed E-state index contributed by atoms with van der Waals surface area (Å²) >= 11 is 0. The molecule has 0 radical (unpaired) electrons.